The summed E-state index contributed by atoms with van der Waals surface area (Å²) < 4.78 is 4.66. The van der Waals surface area contributed by atoms with Crippen LogP contribution in [0.4, 0.5) is 10.5 Å². The maximum absolute atomic E-state index is 12.7. The van der Waals surface area contributed by atoms with Crippen LogP contribution in [0.2, 0.25) is 0 Å². The van der Waals surface area contributed by atoms with E-state index in [4.69, 9.17) is 11.9 Å². The first-order valence-electron chi connectivity index (χ1n) is 10.8. The quantitative estimate of drug-likeness (QED) is 0.638. The molecular formula is C24H27ClN4O2. The maximum atomic E-state index is 12.7. The Morgan fingerprint density at radius 3 is 2.48 bits per heavy atom. The third-order valence-electron chi connectivity index (χ3n) is 6.73. The highest BCUT2D eigenvalue weighted by atomic mass is 35.5. The number of amides is 1. The van der Waals surface area contributed by atoms with Crippen molar-refractivity contribution in [3.8, 4) is 0 Å². The largest absolute Gasteiger partial charge is 0.429 e. The molecule has 162 valence electrons. The monoisotopic (exact) mass is 438 g/mol. The summed E-state index contributed by atoms with van der Waals surface area (Å²) in [6.07, 6.45) is 0.230. The molecule has 2 atom stereocenters. The van der Waals surface area contributed by atoms with E-state index in [9.17, 15) is 4.79 Å². The lowest BCUT2D eigenvalue weighted by Gasteiger charge is -2.39. The van der Waals surface area contributed by atoms with Crippen molar-refractivity contribution >= 4 is 34.5 Å². The number of likely N-dealkylation sites (N-methyl/N-ethyl adjacent to an activating group) is 1. The molecule has 5 rings (SSSR count). The number of hydrogen-bond acceptors (Lipinski definition) is 4. The molecule has 0 spiro atoms. The van der Waals surface area contributed by atoms with Gasteiger partial charge in [0, 0.05) is 54.5 Å². The van der Waals surface area contributed by atoms with Gasteiger partial charge in [0.2, 0.25) is 0 Å². The van der Waals surface area contributed by atoms with Gasteiger partial charge in [-0.3, -0.25) is 4.90 Å². The summed E-state index contributed by atoms with van der Waals surface area (Å²) in [4.78, 5) is 22.7. The van der Waals surface area contributed by atoms with E-state index in [1.165, 1.54) is 16.6 Å². The Hall–Kier alpha value is -2.70. The summed E-state index contributed by atoms with van der Waals surface area (Å²) in [7, 11) is 2.16. The Bertz CT molecular complexity index is 1090. The highest BCUT2D eigenvalue weighted by Gasteiger charge is 2.39. The Kier molecular flexibility index (Phi) is 5.28. The van der Waals surface area contributed by atoms with Crippen LogP contribution in [0.5, 0.6) is 0 Å². The van der Waals surface area contributed by atoms with Crippen molar-refractivity contribution in [3.05, 3.63) is 65.4 Å². The van der Waals surface area contributed by atoms with Gasteiger partial charge < -0.3 is 19.1 Å². The molecule has 6 nitrogen and oxygen atoms in total. The molecular weight excluding hydrogens is 412 g/mol. The first-order valence-corrected chi connectivity index (χ1v) is 11.1. The number of para-hydroxylation sites is 1. The number of benzene rings is 2. The van der Waals surface area contributed by atoms with Crippen LogP contribution in [0.3, 0.4) is 0 Å². The SMILES string of the molecule is C[C@H]1Cc2c([nH]c3ccccc23)[C@@H](c2ccc(N3CCN(C)CC3)cc2)N1C(=O)OCl. The molecule has 1 saturated heterocycles. The number of piperazine rings is 1. The van der Waals surface area contributed by atoms with Crippen molar-refractivity contribution in [2.75, 3.05) is 38.1 Å². The molecule has 0 aliphatic carbocycles. The lowest BCUT2D eigenvalue weighted by molar-refractivity contribution is 0.115. The van der Waals surface area contributed by atoms with Crippen molar-refractivity contribution in [2.45, 2.75) is 25.4 Å². The number of fused-ring (bicyclic) bond motifs is 3. The van der Waals surface area contributed by atoms with E-state index in [1.54, 1.807) is 4.90 Å². The molecule has 1 aromatic heterocycles. The summed E-state index contributed by atoms with van der Waals surface area (Å²) >= 11 is 5.54. The normalized spacial score (nSPS) is 21.9. The Balaban J connectivity index is 1.55. The molecule has 31 heavy (non-hydrogen) atoms. The van der Waals surface area contributed by atoms with Crippen molar-refractivity contribution < 1.29 is 9.08 Å². The predicted octanol–water partition coefficient (Wildman–Crippen LogP) is 4.55. The van der Waals surface area contributed by atoms with Crippen LogP contribution in [0.15, 0.2) is 48.5 Å². The van der Waals surface area contributed by atoms with Crippen molar-refractivity contribution in [1.29, 1.82) is 0 Å². The van der Waals surface area contributed by atoms with Crippen LogP contribution in [-0.4, -0.2) is 60.1 Å². The van der Waals surface area contributed by atoms with Crippen molar-refractivity contribution in [3.63, 3.8) is 0 Å². The van der Waals surface area contributed by atoms with E-state index in [1.807, 2.05) is 13.0 Å². The third kappa shape index (κ3) is 3.54. The molecule has 0 saturated carbocycles. The number of aromatic nitrogens is 1. The number of halogens is 1. The molecule has 1 fully saturated rings. The minimum Gasteiger partial charge on any atom is -0.369 e. The number of hydrogen-bond donors (Lipinski definition) is 1. The fourth-order valence-corrected chi connectivity index (χ4v) is 5.13. The molecule has 2 aromatic carbocycles. The second kappa shape index (κ2) is 8.09. The van der Waals surface area contributed by atoms with Crippen LogP contribution in [0, 0.1) is 0 Å². The smallest absolute Gasteiger partial charge is 0.369 e. The van der Waals surface area contributed by atoms with Gasteiger partial charge in [0.05, 0.1) is 0 Å². The van der Waals surface area contributed by atoms with Crippen molar-refractivity contribution in [2.24, 2.45) is 0 Å². The predicted molar refractivity (Wildman–Crippen MR) is 124 cm³/mol. The molecule has 0 bridgehead atoms. The molecule has 2 aliphatic rings. The number of carbonyl (C=O) groups is 1. The van der Waals surface area contributed by atoms with E-state index in [2.05, 4.69) is 68.6 Å². The molecule has 2 aliphatic heterocycles. The lowest BCUT2D eigenvalue weighted by atomic mass is 9.89. The molecule has 1 N–H and O–H groups in total. The summed E-state index contributed by atoms with van der Waals surface area (Å²) in [5.74, 6) is 0. The van der Waals surface area contributed by atoms with Gasteiger partial charge in [-0.15, -0.1) is 0 Å². The zero-order valence-corrected chi connectivity index (χ0v) is 18.6. The number of H-pyrrole nitrogens is 1. The van der Waals surface area contributed by atoms with Crippen LogP contribution in [-0.2, 0) is 10.7 Å². The number of anilines is 1. The van der Waals surface area contributed by atoms with Gasteiger partial charge in [-0.2, -0.15) is 0 Å². The lowest BCUT2D eigenvalue weighted by Crippen LogP contribution is -2.46. The number of rotatable bonds is 2. The first-order chi connectivity index (χ1) is 15.1. The average Bonchev–Trinajstić information content (AvgIpc) is 3.16. The van der Waals surface area contributed by atoms with Gasteiger partial charge >= 0.3 is 6.09 Å². The Morgan fingerprint density at radius 1 is 1.06 bits per heavy atom. The summed E-state index contributed by atoms with van der Waals surface area (Å²) in [5.41, 5.74) is 5.63. The fourth-order valence-electron chi connectivity index (χ4n) is 5.05. The third-order valence-corrected chi connectivity index (χ3v) is 6.86. The molecule has 0 radical (unpaired) electrons. The van der Waals surface area contributed by atoms with Gasteiger partial charge in [0.15, 0.2) is 0 Å². The highest BCUT2D eigenvalue weighted by molar-refractivity contribution is 6.13. The number of carbonyl (C=O) groups excluding carboxylic acids is 1. The van der Waals surface area contributed by atoms with Crippen molar-refractivity contribution in [1.82, 2.24) is 14.8 Å². The van der Waals surface area contributed by atoms with Gasteiger partial charge in [-0.1, -0.05) is 30.3 Å². The highest BCUT2D eigenvalue weighted by Crippen LogP contribution is 2.41. The van der Waals surface area contributed by atoms with Gasteiger partial charge in [-0.25, -0.2) is 4.79 Å². The van der Waals surface area contributed by atoms with Gasteiger partial charge in [0.1, 0.15) is 17.9 Å². The molecule has 3 aromatic rings. The molecule has 1 amide bonds. The molecule has 3 heterocycles. The van der Waals surface area contributed by atoms with Crippen LogP contribution in [0.1, 0.15) is 29.8 Å². The number of nitrogens with zero attached hydrogens (tertiary/aromatic N) is 3. The summed E-state index contributed by atoms with van der Waals surface area (Å²) in [5, 5.41) is 1.21. The van der Waals surface area contributed by atoms with E-state index in [0.717, 1.165) is 49.4 Å². The van der Waals surface area contributed by atoms with Gasteiger partial charge in [0.25, 0.3) is 0 Å². The summed E-state index contributed by atoms with van der Waals surface area (Å²) in [6, 6.07) is 16.5. The van der Waals surface area contributed by atoms with Crippen LogP contribution >= 0.6 is 11.9 Å². The Labute approximate surface area is 187 Å². The van der Waals surface area contributed by atoms with E-state index < -0.39 is 6.09 Å². The second-order valence-electron chi connectivity index (χ2n) is 8.65. The first kappa shape index (κ1) is 20.2. The Morgan fingerprint density at radius 2 is 1.77 bits per heavy atom. The topological polar surface area (TPSA) is 51.8 Å². The van der Waals surface area contributed by atoms with Gasteiger partial charge in [-0.05, 0) is 49.7 Å². The minimum absolute atomic E-state index is 0.0414. The zero-order valence-electron chi connectivity index (χ0n) is 17.8. The standard InChI is InChI=1S/C24H27ClN4O2/c1-16-15-20-19-5-3-4-6-21(19)26-22(20)23(29(16)24(30)31-25)17-7-9-18(10-8-17)28-13-11-27(2)12-14-28/h3-10,16,23,26H,11-15H2,1-2H3/t16-,23+/m0/s1. The molecule has 7 heteroatoms. The second-order valence-corrected chi connectivity index (χ2v) is 8.80. The average molecular weight is 439 g/mol. The fraction of sp³-hybridized carbons (Fsp3) is 0.375. The van der Waals surface area contributed by atoms with E-state index in [-0.39, 0.29) is 12.1 Å². The molecule has 0 unspecified atom stereocenters. The number of nitrogens with one attached hydrogen (secondary N) is 1. The van der Waals surface area contributed by atoms with E-state index >= 15 is 0 Å². The van der Waals surface area contributed by atoms with E-state index in [0.29, 0.717) is 0 Å². The minimum atomic E-state index is -0.522. The summed E-state index contributed by atoms with van der Waals surface area (Å²) in [6.45, 7) is 6.22. The van der Waals surface area contributed by atoms with Crippen LogP contribution in [0.25, 0.3) is 10.9 Å². The zero-order chi connectivity index (χ0) is 21.5. The maximum Gasteiger partial charge on any atom is 0.429 e. The number of aromatic amines is 1. The van der Waals surface area contributed by atoms with Crippen LogP contribution < -0.4 is 4.90 Å².